The largest absolute Gasteiger partial charge is 0.383 e. The molecule has 27 heavy (non-hydrogen) atoms. The highest BCUT2D eigenvalue weighted by atomic mass is 16.5. The maximum Gasteiger partial charge on any atom is 0.257 e. The lowest BCUT2D eigenvalue weighted by Crippen LogP contribution is -2.36. The Morgan fingerprint density at radius 2 is 1.96 bits per heavy atom. The predicted molar refractivity (Wildman–Crippen MR) is 108 cm³/mol. The van der Waals surface area contributed by atoms with Crippen molar-refractivity contribution >= 4 is 11.6 Å². The zero-order valence-corrected chi connectivity index (χ0v) is 16.2. The number of carbonyl (C=O) groups is 1. The van der Waals surface area contributed by atoms with Gasteiger partial charge in [0.1, 0.15) is 0 Å². The highest BCUT2D eigenvalue weighted by Crippen LogP contribution is 2.32. The summed E-state index contributed by atoms with van der Waals surface area (Å²) >= 11 is 0. The minimum Gasteiger partial charge on any atom is -0.383 e. The standard InChI is InChI=1S/C22H27N3O2/c1-16-9-10-19(13-17(16)2)20-14-21(18-7-5-4-6-8-18)25(24-20)22(26)15-23-11-12-27-3/h4-10,13,21,23H,11-12,14-15H2,1-3H3. The first kappa shape index (κ1) is 19.3. The molecule has 3 rings (SSSR count). The molecule has 0 saturated heterocycles. The SMILES string of the molecule is COCCNCC(=O)N1N=C(c2ccc(C)c(C)c2)CC1c1ccccc1. The number of methoxy groups -OCH3 is 1. The molecule has 1 heterocycles. The molecule has 0 fully saturated rings. The van der Waals surface area contributed by atoms with Crippen molar-refractivity contribution in [3.05, 3.63) is 70.8 Å². The average Bonchev–Trinajstić information content (AvgIpc) is 3.13. The third-order valence-electron chi connectivity index (χ3n) is 4.95. The van der Waals surface area contributed by atoms with Gasteiger partial charge < -0.3 is 10.1 Å². The van der Waals surface area contributed by atoms with Gasteiger partial charge in [-0.2, -0.15) is 5.10 Å². The smallest absolute Gasteiger partial charge is 0.257 e. The fourth-order valence-electron chi connectivity index (χ4n) is 3.22. The summed E-state index contributed by atoms with van der Waals surface area (Å²) in [5.41, 5.74) is 5.63. The van der Waals surface area contributed by atoms with Crippen LogP contribution >= 0.6 is 0 Å². The summed E-state index contributed by atoms with van der Waals surface area (Å²) in [6, 6.07) is 16.4. The zero-order chi connectivity index (χ0) is 19.2. The molecule has 1 N–H and O–H groups in total. The van der Waals surface area contributed by atoms with E-state index in [1.54, 1.807) is 12.1 Å². The van der Waals surface area contributed by atoms with Crippen LogP contribution in [-0.4, -0.2) is 43.4 Å². The third kappa shape index (κ3) is 4.62. The van der Waals surface area contributed by atoms with Crippen molar-refractivity contribution in [1.82, 2.24) is 10.3 Å². The van der Waals surface area contributed by atoms with Crippen LogP contribution in [0.25, 0.3) is 0 Å². The van der Waals surface area contributed by atoms with E-state index in [1.165, 1.54) is 11.1 Å². The van der Waals surface area contributed by atoms with E-state index in [0.717, 1.165) is 23.3 Å². The molecule has 2 aromatic rings. The first-order chi connectivity index (χ1) is 13.1. The van der Waals surface area contributed by atoms with E-state index >= 15 is 0 Å². The van der Waals surface area contributed by atoms with Gasteiger partial charge in [0.15, 0.2) is 0 Å². The topological polar surface area (TPSA) is 53.9 Å². The molecular formula is C22H27N3O2. The normalized spacial score (nSPS) is 16.5. The summed E-state index contributed by atoms with van der Waals surface area (Å²) in [6.45, 7) is 5.66. The summed E-state index contributed by atoms with van der Waals surface area (Å²) in [5.74, 6) is -0.0289. The van der Waals surface area contributed by atoms with E-state index in [2.05, 4.69) is 49.5 Å². The fourth-order valence-corrected chi connectivity index (χ4v) is 3.22. The lowest BCUT2D eigenvalue weighted by atomic mass is 9.96. The molecule has 1 atom stereocenters. The fraction of sp³-hybridized carbons (Fsp3) is 0.364. The van der Waals surface area contributed by atoms with Gasteiger partial charge in [0, 0.05) is 20.1 Å². The number of nitrogens with zero attached hydrogens (tertiary/aromatic N) is 2. The van der Waals surface area contributed by atoms with Crippen molar-refractivity contribution in [3.63, 3.8) is 0 Å². The Bertz CT molecular complexity index is 818. The summed E-state index contributed by atoms with van der Waals surface area (Å²) in [6.07, 6.45) is 0.719. The molecule has 5 nitrogen and oxygen atoms in total. The molecular weight excluding hydrogens is 338 g/mol. The number of benzene rings is 2. The van der Waals surface area contributed by atoms with Crippen molar-refractivity contribution in [1.29, 1.82) is 0 Å². The van der Waals surface area contributed by atoms with Crippen molar-refractivity contribution in [3.8, 4) is 0 Å². The van der Waals surface area contributed by atoms with Crippen LogP contribution in [0, 0.1) is 13.8 Å². The Morgan fingerprint density at radius 3 is 2.67 bits per heavy atom. The van der Waals surface area contributed by atoms with E-state index in [0.29, 0.717) is 13.2 Å². The first-order valence-electron chi connectivity index (χ1n) is 9.32. The Kier molecular flexibility index (Phi) is 6.37. The van der Waals surface area contributed by atoms with Crippen LogP contribution in [0.4, 0.5) is 0 Å². The number of hydrogen-bond donors (Lipinski definition) is 1. The molecule has 0 aromatic heterocycles. The molecule has 1 aliphatic heterocycles. The van der Waals surface area contributed by atoms with Crippen LogP contribution in [0.1, 0.15) is 34.7 Å². The van der Waals surface area contributed by atoms with Gasteiger partial charge in [-0.25, -0.2) is 5.01 Å². The number of hydrazone groups is 1. The molecule has 0 spiro atoms. The summed E-state index contributed by atoms with van der Waals surface area (Å²) in [5, 5.41) is 9.47. The maximum atomic E-state index is 12.8. The second-order valence-electron chi connectivity index (χ2n) is 6.88. The van der Waals surface area contributed by atoms with E-state index in [4.69, 9.17) is 9.84 Å². The lowest BCUT2D eigenvalue weighted by molar-refractivity contribution is -0.132. The molecule has 2 aromatic carbocycles. The van der Waals surface area contributed by atoms with Gasteiger partial charge in [-0.05, 0) is 42.2 Å². The van der Waals surface area contributed by atoms with E-state index in [9.17, 15) is 4.79 Å². The Labute approximate surface area is 161 Å². The highest BCUT2D eigenvalue weighted by Gasteiger charge is 2.32. The number of ether oxygens (including phenoxy) is 1. The van der Waals surface area contributed by atoms with Gasteiger partial charge in [0.2, 0.25) is 0 Å². The number of hydrogen-bond acceptors (Lipinski definition) is 4. The number of nitrogens with one attached hydrogen (secondary N) is 1. The predicted octanol–water partition coefficient (Wildman–Crippen LogP) is 3.22. The second-order valence-corrected chi connectivity index (χ2v) is 6.88. The highest BCUT2D eigenvalue weighted by molar-refractivity contribution is 6.03. The average molecular weight is 365 g/mol. The Morgan fingerprint density at radius 1 is 1.19 bits per heavy atom. The van der Waals surface area contributed by atoms with E-state index < -0.39 is 0 Å². The van der Waals surface area contributed by atoms with Crippen molar-refractivity contribution < 1.29 is 9.53 Å². The number of carbonyl (C=O) groups excluding carboxylic acids is 1. The molecule has 1 unspecified atom stereocenters. The van der Waals surface area contributed by atoms with Crippen molar-refractivity contribution in [2.75, 3.05) is 26.8 Å². The van der Waals surface area contributed by atoms with Crippen LogP contribution in [0.5, 0.6) is 0 Å². The monoisotopic (exact) mass is 365 g/mol. The molecule has 1 amide bonds. The summed E-state index contributed by atoms with van der Waals surface area (Å²) in [4.78, 5) is 12.8. The number of aryl methyl sites for hydroxylation is 2. The first-order valence-corrected chi connectivity index (χ1v) is 9.32. The number of amides is 1. The quantitative estimate of drug-likeness (QED) is 0.767. The molecule has 0 bridgehead atoms. The van der Waals surface area contributed by atoms with Gasteiger partial charge in [-0.1, -0.05) is 42.5 Å². The van der Waals surface area contributed by atoms with Crippen LogP contribution < -0.4 is 5.32 Å². The zero-order valence-electron chi connectivity index (χ0n) is 16.2. The van der Waals surface area contributed by atoms with E-state index in [1.807, 2.05) is 18.2 Å². The molecule has 0 saturated carbocycles. The minimum atomic E-state index is -0.0699. The maximum absolute atomic E-state index is 12.8. The van der Waals surface area contributed by atoms with Gasteiger partial charge in [-0.3, -0.25) is 4.79 Å². The molecule has 0 aliphatic carbocycles. The second kappa shape index (κ2) is 8.93. The van der Waals surface area contributed by atoms with Gasteiger partial charge in [-0.15, -0.1) is 0 Å². The van der Waals surface area contributed by atoms with E-state index in [-0.39, 0.29) is 18.5 Å². The summed E-state index contributed by atoms with van der Waals surface area (Å²) in [7, 11) is 1.65. The van der Waals surface area contributed by atoms with Crippen LogP contribution in [-0.2, 0) is 9.53 Å². The Hall–Kier alpha value is -2.50. The number of rotatable bonds is 7. The van der Waals surface area contributed by atoms with Crippen molar-refractivity contribution in [2.45, 2.75) is 26.3 Å². The molecule has 0 radical (unpaired) electrons. The van der Waals surface area contributed by atoms with Crippen LogP contribution in [0.3, 0.4) is 0 Å². The minimum absolute atomic E-state index is 0.0289. The van der Waals surface area contributed by atoms with Crippen molar-refractivity contribution in [2.24, 2.45) is 5.10 Å². The van der Waals surface area contributed by atoms with Gasteiger partial charge in [0.05, 0.1) is 24.9 Å². The lowest BCUT2D eigenvalue weighted by Gasteiger charge is -2.22. The third-order valence-corrected chi connectivity index (χ3v) is 4.95. The molecule has 5 heteroatoms. The molecule has 1 aliphatic rings. The van der Waals surface area contributed by atoms with Crippen LogP contribution in [0.2, 0.25) is 0 Å². The summed E-state index contributed by atoms with van der Waals surface area (Å²) < 4.78 is 5.02. The van der Waals surface area contributed by atoms with Gasteiger partial charge in [0.25, 0.3) is 5.91 Å². The van der Waals surface area contributed by atoms with Crippen LogP contribution in [0.15, 0.2) is 53.6 Å². The molecule has 142 valence electrons. The van der Waals surface area contributed by atoms with Gasteiger partial charge >= 0.3 is 0 Å². The Balaban J connectivity index is 1.83.